The molecule has 0 saturated heterocycles. The third-order valence-electron chi connectivity index (χ3n) is 4.44. The molecule has 1 atom stereocenters. The first-order valence-corrected chi connectivity index (χ1v) is 9.74. The summed E-state index contributed by atoms with van der Waals surface area (Å²) in [6.45, 7) is 5.28. The van der Waals surface area contributed by atoms with Crippen molar-refractivity contribution in [3.63, 3.8) is 0 Å². The summed E-state index contributed by atoms with van der Waals surface area (Å²) in [5, 5.41) is 10.1. The average molecular weight is 383 g/mol. The zero-order valence-corrected chi connectivity index (χ0v) is 16.1. The molecule has 7 heteroatoms. The number of thiophene rings is 1. The van der Waals surface area contributed by atoms with Crippen molar-refractivity contribution in [3.05, 3.63) is 52.5 Å². The molecule has 2 N–H and O–H groups in total. The topological polar surface area (TPSA) is 76.2 Å². The summed E-state index contributed by atoms with van der Waals surface area (Å²) in [4.78, 5) is 14.9. The minimum atomic E-state index is -0.217. The molecule has 0 bridgehead atoms. The van der Waals surface area contributed by atoms with Crippen molar-refractivity contribution >= 4 is 17.2 Å². The van der Waals surface area contributed by atoms with Crippen LogP contribution in [0, 0.1) is 6.92 Å². The summed E-state index contributed by atoms with van der Waals surface area (Å²) in [5.74, 6) is 1.25. The van der Waals surface area contributed by atoms with E-state index in [4.69, 9.17) is 9.47 Å². The van der Waals surface area contributed by atoms with Crippen LogP contribution >= 0.6 is 11.3 Å². The number of aryl methyl sites for hydroxylation is 1. The van der Waals surface area contributed by atoms with Crippen LogP contribution in [-0.2, 0) is 0 Å². The predicted octanol–water partition coefficient (Wildman–Crippen LogP) is 4.10. The van der Waals surface area contributed by atoms with Gasteiger partial charge in [0, 0.05) is 11.3 Å². The van der Waals surface area contributed by atoms with E-state index in [0.717, 1.165) is 34.1 Å². The number of H-pyrrole nitrogens is 1. The molecule has 0 fully saturated rings. The van der Waals surface area contributed by atoms with Gasteiger partial charge in [0.25, 0.3) is 5.91 Å². The molecular formula is C20H21N3O3S. The number of fused-ring (bicyclic) bond motifs is 1. The molecule has 3 aromatic rings. The molecule has 140 valence electrons. The van der Waals surface area contributed by atoms with E-state index in [9.17, 15) is 4.79 Å². The second-order valence-corrected chi connectivity index (χ2v) is 7.82. The van der Waals surface area contributed by atoms with E-state index in [1.807, 2.05) is 37.3 Å². The Balaban J connectivity index is 1.46. The van der Waals surface area contributed by atoms with E-state index in [2.05, 4.69) is 22.4 Å². The molecule has 3 heterocycles. The van der Waals surface area contributed by atoms with E-state index in [-0.39, 0.29) is 11.9 Å². The molecule has 1 amide bonds. The average Bonchev–Trinajstić information content (AvgIpc) is 3.25. The molecule has 0 aliphatic carbocycles. The lowest BCUT2D eigenvalue weighted by Gasteiger charge is -2.15. The molecule has 1 aromatic carbocycles. The zero-order chi connectivity index (χ0) is 18.8. The Hall–Kier alpha value is -2.80. The Labute approximate surface area is 161 Å². The van der Waals surface area contributed by atoms with Crippen LogP contribution in [0.3, 0.4) is 0 Å². The number of benzene rings is 1. The molecule has 2 aromatic heterocycles. The number of carbonyl (C=O) groups excluding carboxylic acids is 1. The van der Waals surface area contributed by atoms with Gasteiger partial charge in [-0.25, -0.2) is 0 Å². The van der Waals surface area contributed by atoms with Gasteiger partial charge in [-0.15, -0.1) is 11.3 Å². The van der Waals surface area contributed by atoms with Gasteiger partial charge in [-0.1, -0.05) is 6.07 Å². The molecule has 0 radical (unpaired) electrons. The number of nitrogens with zero attached hydrogens (tertiary/aromatic N) is 1. The molecule has 0 saturated carbocycles. The van der Waals surface area contributed by atoms with Crippen LogP contribution in [0.4, 0.5) is 0 Å². The zero-order valence-electron chi connectivity index (χ0n) is 15.2. The predicted molar refractivity (Wildman–Crippen MR) is 105 cm³/mol. The maximum Gasteiger partial charge on any atom is 0.272 e. The van der Waals surface area contributed by atoms with Crippen LogP contribution in [-0.4, -0.2) is 29.3 Å². The van der Waals surface area contributed by atoms with Crippen molar-refractivity contribution < 1.29 is 14.3 Å². The Morgan fingerprint density at radius 2 is 2.00 bits per heavy atom. The lowest BCUT2D eigenvalue weighted by Crippen LogP contribution is -2.27. The maximum absolute atomic E-state index is 12.6. The van der Waals surface area contributed by atoms with E-state index < -0.39 is 0 Å². The van der Waals surface area contributed by atoms with Gasteiger partial charge in [0.2, 0.25) is 0 Å². The fourth-order valence-electron chi connectivity index (χ4n) is 2.95. The van der Waals surface area contributed by atoms with E-state index >= 15 is 0 Å². The molecule has 4 rings (SSSR count). The first kappa shape index (κ1) is 17.6. The van der Waals surface area contributed by atoms with Gasteiger partial charge >= 0.3 is 0 Å². The van der Waals surface area contributed by atoms with Gasteiger partial charge in [-0.3, -0.25) is 9.89 Å². The second-order valence-electron chi connectivity index (χ2n) is 6.53. The van der Waals surface area contributed by atoms with Crippen molar-refractivity contribution in [2.24, 2.45) is 0 Å². The van der Waals surface area contributed by atoms with Crippen molar-refractivity contribution in [1.82, 2.24) is 15.5 Å². The number of aromatic amines is 1. The van der Waals surface area contributed by atoms with E-state index in [0.29, 0.717) is 18.9 Å². The molecule has 27 heavy (non-hydrogen) atoms. The first-order valence-electron chi connectivity index (χ1n) is 8.93. The Morgan fingerprint density at radius 1 is 1.19 bits per heavy atom. The molecule has 1 aliphatic rings. The number of hydrogen-bond donors (Lipinski definition) is 2. The Kier molecular flexibility index (Phi) is 4.85. The number of nitrogens with one attached hydrogen (secondary N) is 2. The van der Waals surface area contributed by atoms with Gasteiger partial charge in [0.1, 0.15) is 0 Å². The SMILES string of the molecule is Cc1ccc(-c2cc(C(=O)N[C@H](C)c3ccc4c(c3)OCCCO4)n[nH]2)s1. The van der Waals surface area contributed by atoms with E-state index in [1.165, 1.54) is 4.88 Å². The van der Waals surface area contributed by atoms with Crippen molar-refractivity contribution in [3.8, 4) is 22.1 Å². The summed E-state index contributed by atoms with van der Waals surface area (Å²) in [6.07, 6.45) is 0.863. The lowest BCUT2D eigenvalue weighted by molar-refractivity contribution is 0.0934. The lowest BCUT2D eigenvalue weighted by atomic mass is 10.1. The highest BCUT2D eigenvalue weighted by Gasteiger charge is 2.18. The van der Waals surface area contributed by atoms with Crippen LogP contribution in [0.5, 0.6) is 11.5 Å². The van der Waals surface area contributed by atoms with Gasteiger partial charge in [-0.05, 0) is 49.7 Å². The number of rotatable bonds is 4. The molecule has 0 spiro atoms. The minimum Gasteiger partial charge on any atom is -0.490 e. The summed E-state index contributed by atoms with van der Waals surface area (Å²) in [6, 6.07) is 11.4. The number of carbonyl (C=O) groups is 1. The quantitative estimate of drug-likeness (QED) is 0.711. The Bertz CT molecular complexity index is 963. The highest BCUT2D eigenvalue weighted by molar-refractivity contribution is 7.15. The largest absolute Gasteiger partial charge is 0.490 e. The standard InChI is InChI=1S/C20H21N3O3S/c1-12-4-7-19(27-12)15-11-16(23-22-15)20(24)21-13(2)14-5-6-17-18(10-14)26-9-3-8-25-17/h4-7,10-11,13H,3,8-9H2,1-2H3,(H,21,24)(H,22,23)/t13-/m1/s1. The smallest absolute Gasteiger partial charge is 0.272 e. The van der Waals surface area contributed by atoms with Crippen LogP contribution in [0.15, 0.2) is 36.4 Å². The van der Waals surface area contributed by atoms with Gasteiger partial charge in [-0.2, -0.15) is 5.10 Å². The van der Waals surface area contributed by atoms with Crippen LogP contribution in [0.1, 0.15) is 40.3 Å². The number of ether oxygens (including phenoxy) is 2. The van der Waals surface area contributed by atoms with Crippen molar-refractivity contribution in [2.45, 2.75) is 26.3 Å². The first-order chi connectivity index (χ1) is 13.1. The van der Waals surface area contributed by atoms with Crippen LogP contribution < -0.4 is 14.8 Å². The van der Waals surface area contributed by atoms with Gasteiger partial charge < -0.3 is 14.8 Å². The Morgan fingerprint density at radius 3 is 2.78 bits per heavy atom. The van der Waals surface area contributed by atoms with Gasteiger partial charge in [0.15, 0.2) is 17.2 Å². The third-order valence-corrected chi connectivity index (χ3v) is 5.47. The number of aromatic nitrogens is 2. The summed E-state index contributed by atoms with van der Waals surface area (Å²) in [7, 11) is 0. The van der Waals surface area contributed by atoms with Gasteiger partial charge in [0.05, 0.1) is 29.8 Å². The second kappa shape index (κ2) is 7.44. The monoisotopic (exact) mass is 383 g/mol. The summed E-state index contributed by atoms with van der Waals surface area (Å²) < 4.78 is 11.4. The molecule has 1 aliphatic heterocycles. The molecule has 6 nitrogen and oxygen atoms in total. The van der Waals surface area contributed by atoms with Crippen molar-refractivity contribution in [1.29, 1.82) is 0 Å². The van der Waals surface area contributed by atoms with Crippen molar-refractivity contribution in [2.75, 3.05) is 13.2 Å². The van der Waals surface area contributed by atoms with Crippen LogP contribution in [0.2, 0.25) is 0 Å². The normalized spacial score (nSPS) is 14.4. The molecule has 0 unspecified atom stereocenters. The summed E-state index contributed by atoms with van der Waals surface area (Å²) in [5.41, 5.74) is 2.18. The highest BCUT2D eigenvalue weighted by Crippen LogP contribution is 2.32. The molecular weight excluding hydrogens is 362 g/mol. The fraction of sp³-hybridized carbons (Fsp3) is 0.300. The third kappa shape index (κ3) is 3.83. The number of hydrogen-bond acceptors (Lipinski definition) is 5. The van der Waals surface area contributed by atoms with Crippen LogP contribution in [0.25, 0.3) is 10.6 Å². The maximum atomic E-state index is 12.6. The number of amides is 1. The highest BCUT2D eigenvalue weighted by atomic mass is 32.1. The minimum absolute atomic E-state index is 0.182. The fourth-order valence-corrected chi connectivity index (χ4v) is 3.78. The summed E-state index contributed by atoms with van der Waals surface area (Å²) >= 11 is 1.66. The van der Waals surface area contributed by atoms with E-state index in [1.54, 1.807) is 17.4 Å².